The van der Waals surface area contributed by atoms with Crippen molar-refractivity contribution >= 4 is 22.4 Å². The largest absolute Gasteiger partial charge is 0.317 e. The molecule has 3 rings (SSSR count). The van der Waals surface area contributed by atoms with E-state index in [0.29, 0.717) is 11.0 Å². The third-order valence-electron chi connectivity index (χ3n) is 4.81. The first-order chi connectivity index (χ1) is 12.1. The van der Waals surface area contributed by atoms with Gasteiger partial charge in [0.15, 0.2) is 5.13 Å². The molecule has 2 aromatic rings. The van der Waals surface area contributed by atoms with Crippen LogP contribution in [0.5, 0.6) is 0 Å². The molecule has 2 heterocycles. The van der Waals surface area contributed by atoms with Gasteiger partial charge in [-0.3, -0.25) is 9.69 Å². The summed E-state index contributed by atoms with van der Waals surface area (Å²) in [4.78, 5) is 20.3. The molecule has 1 saturated heterocycles. The molecule has 134 valence electrons. The Morgan fingerprint density at radius 2 is 2.08 bits per heavy atom. The molecule has 25 heavy (non-hydrogen) atoms. The molecule has 0 bridgehead atoms. The number of likely N-dealkylation sites (N-methyl/N-ethyl adjacent to an activating group) is 1. The number of rotatable bonds is 6. The average Bonchev–Trinajstić information content (AvgIpc) is 3.11. The Morgan fingerprint density at radius 3 is 2.80 bits per heavy atom. The van der Waals surface area contributed by atoms with Crippen molar-refractivity contribution in [3.05, 3.63) is 47.0 Å². The van der Waals surface area contributed by atoms with Gasteiger partial charge < -0.3 is 10.6 Å². The van der Waals surface area contributed by atoms with Gasteiger partial charge in [-0.1, -0.05) is 30.3 Å². The van der Waals surface area contributed by atoms with Gasteiger partial charge in [-0.15, -0.1) is 11.3 Å². The number of piperidine rings is 1. The van der Waals surface area contributed by atoms with Crippen molar-refractivity contribution in [1.29, 1.82) is 0 Å². The first kappa shape index (κ1) is 18.0. The quantitative estimate of drug-likeness (QED) is 0.833. The van der Waals surface area contributed by atoms with Crippen LogP contribution in [0.2, 0.25) is 0 Å². The zero-order chi connectivity index (χ0) is 17.6. The fourth-order valence-electron chi connectivity index (χ4n) is 3.06. The normalized spacial score (nSPS) is 16.8. The molecule has 0 aliphatic carbocycles. The lowest BCUT2D eigenvalue weighted by Crippen LogP contribution is -2.39. The van der Waals surface area contributed by atoms with Crippen LogP contribution in [0, 0.1) is 0 Å². The van der Waals surface area contributed by atoms with Crippen LogP contribution in [0.1, 0.15) is 36.1 Å². The van der Waals surface area contributed by atoms with Crippen LogP contribution in [0.15, 0.2) is 36.5 Å². The lowest BCUT2D eigenvalue weighted by molar-refractivity contribution is -0.120. The maximum absolute atomic E-state index is 12.5. The van der Waals surface area contributed by atoms with Gasteiger partial charge in [0.2, 0.25) is 5.91 Å². The first-order valence-corrected chi connectivity index (χ1v) is 9.66. The van der Waals surface area contributed by atoms with E-state index in [9.17, 15) is 4.79 Å². The number of benzene rings is 1. The van der Waals surface area contributed by atoms with Gasteiger partial charge in [-0.2, -0.15) is 0 Å². The molecule has 1 unspecified atom stereocenters. The molecular weight excluding hydrogens is 332 g/mol. The van der Waals surface area contributed by atoms with Crippen molar-refractivity contribution in [2.75, 3.05) is 25.5 Å². The van der Waals surface area contributed by atoms with Crippen LogP contribution in [0.4, 0.5) is 5.13 Å². The van der Waals surface area contributed by atoms with E-state index in [1.165, 1.54) is 10.4 Å². The molecule has 5 nitrogen and oxygen atoms in total. The monoisotopic (exact) mass is 358 g/mol. The molecule has 0 saturated carbocycles. The molecule has 6 heteroatoms. The van der Waals surface area contributed by atoms with Crippen LogP contribution in [0.3, 0.4) is 0 Å². The fourth-order valence-corrected chi connectivity index (χ4v) is 4.05. The zero-order valence-corrected chi connectivity index (χ0v) is 15.7. The number of hydrogen-bond donors (Lipinski definition) is 2. The molecule has 2 N–H and O–H groups in total. The number of aromatic nitrogens is 1. The predicted molar refractivity (Wildman–Crippen MR) is 103 cm³/mol. The van der Waals surface area contributed by atoms with Gasteiger partial charge >= 0.3 is 0 Å². The molecule has 1 aliphatic heterocycles. The molecule has 1 fully saturated rings. The van der Waals surface area contributed by atoms with Crippen molar-refractivity contribution in [1.82, 2.24) is 15.2 Å². The van der Waals surface area contributed by atoms with E-state index < -0.39 is 0 Å². The summed E-state index contributed by atoms with van der Waals surface area (Å²) in [7, 11) is 1.97. The van der Waals surface area contributed by atoms with Crippen LogP contribution in [-0.2, 0) is 11.3 Å². The van der Waals surface area contributed by atoms with Gasteiger partial charge in [-0.25, -0.2) is 4.98 Å². The SMILES string of the molecule is CC(C(=O)Nc1ncc(C2CCNCC2)s1)N(C)Cc1ccccc1. The summed E-state index contributed by atoms with van der Waals surface area (Å²) in [5.41, 5.74) is 1.20. The minimum Gasteiger partial charge on any atom is -0.317 e. The van der Waals surface area contributed by atoms with E-state index in [1.807, 2.05) is 43.3 Å². The van der Waals surface area contributed by atoms with E-state index in [-0.39, 0.29) is 11.9 Å². The average molecular weight is 359 g/mol. The van der Waals surface area contributed by atoms with Gasteiger partial charge in [-0.05, 0) is 51.4 Å². The summed E-state index contributed by atoms with van der Waals surface area (Å²) >= 11 is 1.61. The minimum absolute atomic E-state index is 0.00959. The number of carbonyl (C=O) groups is 1. The molecular formula is C19H26N4OS. The summed E-state index contributed by atoms with van der Waals surface area (Å²) in [6, 6.07) is 9.98. The smallest absolute Gasteiger partial charge is 0.243 e. The summed E-state index contributed by atoms with van der Waals surface area (Å²) in [6.45, 7) is 4.80. The fraction of sp³-hybridized carbons (Fsp3) is 0.474. The second-order valence-corrected chi connectivity index (χ2v) is 7.72. The van der Waals surface area contributed by atoms with Crippen molar-refractivity contribution in [2.24, 2.45) is 0 Å². The maximum atomic E-state index is 12.5. The number of hydrogen-bond acceptors (Lipinski definition) is 5. The molecule has 1 amide bonds. The van der Waals surface area contributed by atoms with Crippen molar-refractivity contribution < 1.29 is 4.79 Å². The Morgan fingerprint density at radius 1 is 1.36 bits per heavy atom. The summed E-state index contributed by atoms with van der Waals surface area (Å²) in [5, 5.41) is 7.07. The van der Waals surface area contributed by atoms with Crippen LogP contribution >= 0.6 is 11.3 Å². The van der Waals surface area contributed by atoms with Crippen molar-refractivity contribution in [3.63, 3.8) is 0 Å². The van der Waals surface area contributed by atoms with E-state index in [1.54, 1.807) is 11.3 Å². The Balaban J connectivity index is 1.55. The maximum Gasteiger partial charge on any atom is 0.243 e. The highest BCUT2D eigenvalue weighted by Crippen LogP contribution is 2.31. The van der Waals surface area contributed by atoms with Crippen LogP contribution in [-0.4, -0.2) is 42.0 Å². The number of anilines is 1. The topological polar surface area (TPSA) is 57.3 Å². The molecule has 0 radical (unpaired) electrons. The third-order valence-corrected chi connectivity index (χ3v) is 5.89. The van der Waals surface area contributed by atoms with Gasteiger partial charge in [0.25, 0.3) is 0 Å². The predicted octanol–water partition coefficient (Wildman–Crippen LogP) is 3.07. The number of carbonyl (C=O) groups excluding carboxylic acids is 1. The Bertz CT molecular complexity index is 682. The number of nitrogens with zero attached hydrogens (tertiary/aromatic N) is 2. The number of amides is 1. The van der Waals surface area contributed by atoms with Gasteiger partial charge in [0.1, 0.15) is 0 Å². The second-order valence-electron chi connectivity index (χ2n) is 6.66. The third kappa shape index (κ3) is 4.87. The molecule has 1 atom stereocenters. The Hall–Kier alpha value is -1.76. The summed E-state index contributed by atoms with van der Waals surface area (Å²) in [5.74, 6) is 0.562. The molecule has 1 aliphatic rings. The van der Waals surface area contributed by atoms with E-state index in [0.717, 1.165) is 32.5 Å². The molecule has 0 spiro atoms. The van der Waals surface area contributed by atoms with E-state index in [4.69, 9.17) is 0 Å². The highest BCUT2D eigenvalue weighted by Gasteiger charge is 2.21. The van der Waals surface area contributed by atoms with Crippen LogP contribution in [0.25, 0.3) is 0 Å². The molecule has 1 aromatic carbocycles. The zero-order valence-electron chi connectivity index (χ0n) is 14.9. The lowest BCUT2D eigenvalue weighted by atomic mass is 9.97. The lowest BCUT2D eigenvalue weighted by Gasteiger charge is -2.23. The second kappa shape index (κ2) is 8.56. The Labute approximate surface area is 153 Å². The number of nitrogens with one attached hydrogen (secondary N) is 2. The van der Waals surface area contributed by atoms with Crippen molar-refractivity contribution in [2.45, 2.75) is 38.3 Å². The highest BCUT2D eigenvalue weighted by molar-refractivity contribution is 7.15. The van der Waals surface area contributed by atoms with Gasteiger partial charge in [0, 0.05) is 17.6 Å². The summed E-state index contributed by atoms with van der Waals surface area (Å²) < 4.78 is 0. The Kier molecular flexibility index (Phi) is 6.18. The standard InChI is InChI=1S/C19H26N4OS/c1-14(23(2)13-15-6-4-3-5-7-15)18(24)22-19-21-12-17(25-19)16-8-10-20-11-9-16/h3-7,12,14,16,20H,8-11,13H2,1-2H3,(H,21,22,24). The van der Waals surface area contributed by atoms with Crippen LogP contribution < -0.4 is 10.6 Å². The highest BCUT2D eigenvalue weighted by atomic mass is 32.1. The first-order valence-electron chi connectivity index (χ1n) is 8.85. The van der Waals surface area contributed by atoms with Gasteiger partial charge in [0.05, 0.1) is 6.04 Å². The van der Waals surface area contributed by atoms with Crippen molar-refractivity contribution in [3.8, 4) is 0 Å². The van der Waals surface area contributed by atoms with E-state index in [2.05, 4.69) is 27.8 Å². The molecule has 1 aromatic heterocycles. The minimum atomic E-state index is -0.216. The van der Waals surface area contributed by atoms with E-state index >= 15 is 0 Å². The summed E-state index contributed by atoms with van der Waals surface area (Å²) in [6.07, 6.45) is 4.21. The number of thiazole rings is 1.